The number of pyridine rings is 1. The molecule has 22 heavy (non-hydrogen) atoms. The van der Waals surface area contributed by atoms with Gasteiger partial charge < -0.3 is 10.5 Å². The summed E-state index contributed by atoms with van der Waals surface area (Å²) in [6.45, 7) is 0. The standard InChI is InChI=1S/C14H12ClN3O.C2H6O/c1-17-10(8-19)7-13(16)9-2-3-14-11(6-9)12(15)4-5-18-14;1-3-2/h2-8H,16H2,1H3;1-2H3/b13-7-,17-10?;. The third-order valence-corrected chi connectivity index (χ3v) is 3.03. The van der Waals surface area contributed by atoms with Crippen LogP contribution in [0.1, 0.15) is 5.56 Å². The Morgan fingerprint density at radius 3 is 2.64 bits per heavy atom. The van der Waals surface area contributed by atoms with Crippen LogP contribution in [-0.2, 0) is 9.53 Å². The first kappa shape index (κ1) is 17.8. The summed E-state index contributed by atoms with van der Waals surface area (Å²) in [5.41, 5.74) is 8.25. The van der Waals surface area contributed by atoms with Gasteiger partial charge in [0.1, 0.15) is 0 Å². The molecule has 0 saturated carbocycles. The summed E-state index contributed by atoms with van der Waals surface area (Å²) in [5.74, 6) is 0. The largest absolute Gasteiger partial charge is 0.398 e. The Bertz CT molecular complexity index is 712. The van der Waals surface area contributed by atoms with Gasteiger partial charge in [0.05, 0.1) is 16.3 Å². The number of carbonyl (C=O) groups is 1. The van der Waals surface area contributed by atoms with E-state index in [9.17, 15) is 4.79 Å². The number of aldehydes is 1. The Kier molecular flexibility index (Phi) is 7.22. The van der Waals surface area contributed by atoms with Gasteiger partial charge in [-0.1, -0.05) is 17.7 Å². The summed E-state index contributed by atoms with van der Waals surface area (Å²) in [7, 11) is 4.79. The third-order valence-electron chi connectivity index (χ3n) is 2.70. The SMILES string of the molecule is CN=C(C=O)/C=C(\N)c1ccc2nccc(Cl)c2c1.COC. The first-order valence-corrected chi connectivity index (χ1v) is 6.79. The molecule has 2 aromatic rings. The van der Waals surface area contributed by atoms with Crippen LogP contribution >= 0.6 is 11.6 Å². The molecule has 2 rings (SSSR count). The van der Waals surface area contributed by atoms with Gasteiger partial charge in [0, 0.05) is 38.5 Å². The molecule has 5 nitrogen and oxygen atoms in total. The van der Waals surface area contributed by atoms with E-state index in [2.05, 4.69) is 14.7 Å². The van der Waals surface area contributed by atoms with E-state index in [0.29, 0.717) is 17.0 Å². The fraction of sp³-hybridized carbons (Fsp3) is 0.188. The van der Waals surface area contributed by atoms with E-state index in [4.69, 9.17) is 17.3 Å². The Labute approximate surface area is 134 Å². The number of benzene rings is 1. The number of hydrogen-bond acceptors (Lipinski definition) is 5. The second-order valence-corrected chi connectivity index (χ2v) is 4.71. The van der Waals surface area contributed by atoms with Crippen LogP contribution in [0.5, 0.6) is 0 Å². The van der Waals surface area contributed by atoms with Gasteiger partial charge in [0.15, 0.2) is 6.29 Å². The van der Waals surface area contributed by atoms with E-state index >= 15 is 0 Å². The smallest absolute Gasteiger partial charge is 0.168 e. The van der Waals surface area contributed by atoms with Crippen LogP contribution in [0, 0.1) is 0 Å². The molecule has 0 atom stereocenters. The molecule has 0 spiro atoms. The summed E-state index contributed by atoms with van der Waals surface area (Å²) in [6.07, 6.45) is 3.83. The highest BCUT2D eigenvalue weighted by Crippen LogP contribution is 2.24. The molecule has 0 amide bonds. The van der Waals surface area contributed by atoms with Gasteiger partial charge in [-0.25, -0.2) is 0 Å². The first-order chi connectivity index (χ1) is 10.6. The van der Waals surface area contributed by atoms with E-state index in [1.807, 2.05) is 18.2 Å². The van der Waals surface area contributed by atoms with Gasteiger partial charge in [-0.15, -0.1) is 0 Å². The maximum Gasteiger partial charge on any atom is 0.168 e. The maximum absolute atomic E-state index is 10.7. The average Bonchev–Trinajstić information content (AvgIpc) is 2.53. The van der Waals surface area contributed by atoms with Crippen molar-refractivity contribution in [3.05, 3.63) is 47.1 Å². The predicted octanol–water partition coefficient (Wildman–Crippen LogP) is 2.72. The molecular formula is C16H18ClN3O2. The van der Waals surface area contributed by atoms with Crippen LogP contribution in [-0.4, -0.2) is 38.2 Å². The van der Waals surface area contributed by atoms with Crippen molar-refractivity contribution in [3.63, 3.8) is 0 Å². The summed E-state index contributed by atoms with van der Waals surface area (Å²) in [5, 5.41) is 1.43. The fourth-order valence-electron chi connectivity index (χ4n) is 1.69. The minimum absolute atomic E-state index is 0.287. The Morgan fingerprint density at radius 2 is 2.05 bits per heavy atom. The van der Waals surface area contributed by atoms with Crippen LogP contribution in [0.3, 0.4) is 0 Å². The van der Waals surface area contributed by atoms with Crippen LogP contribution in [0.4, 0.5) is 0 Å². The number of nitrogens with zero attached hydrogens (tertiary/aromatic N) is 2. The van der Waals surface area contributed by atoms with Crippen molar-refractivity contribution in [3.8, 4) is 0 Å². The van der Waals surface area contributed by atoms with E-state index in [1.165, 1.54) is 13.1 Å². The normalized spacial score (nSPS) is 11.8. The number of fused-ring (bicyclic) bond motifs is 1. The molecule has 6 heteroatoms. The van der Waals surface area contributed by atoms with Crippen LogP contribution in [0.15, 0.2) is 41.5 Å². The molecular weight excluding hydrogens is 302 g/mol. The minimum Gasteiger partial charge on any atom is -0.398 e. The highest BCUT2D eigenvalue weighted by Gasteiger charge is 2.04. The van der Waals surface area contributed by atoms with Crippen molar-refractivity contribution in [1.29, 1.82) is 0 Å². The molecule has 1 aromatic carbocycles. The highest BCUT2D eigenvalue weighted by molar-refractivity contribution is 6.36. The number of carbonyl (C=O) groups excluding carboxylic acids is 1. The lowest BCUT2D eigenvalue weighted by molar-refractivity contribution is -0.102. The molecule has 0 unspecified atom stereocenters. The quantitative estimate of drug-likeness (QED) is 0.697. The zero-order valence-corrected chi connectivity index (χ0v) is 13.5. The Balaban J connectivity index is 0.000000745. The lowest BCUT2D eigenvalue weighted by Crippen LogP contribution is -2.03. The van der Waals surface area contributed by atoms with E-state index in [0.717, 1.165) is 16.5 Å². The summed E-state index contributed by atoms with van der Waals surface area (Å²) >= 11 is 6.11. The van der Waals surface area contributed by atoms with Gasteiger partial charge in [-0.05, 0) is 29.8 Å². The molecule has 1 aromatic heterocycles. The van der Waals surface area contributed by atoms with Gasteiger partial charge >= 0.3 is 0 Å². The van der Waals surface area contributed by atoms with Crippen molar-refractivity contribution < 1.29 is 9.53 Å². The van der Waals surface area contributed by atoms with Crippen LogP contribution < -0.4 is 5.73 Å². The number of rotatable bonds is 3. The summed E-state index contributed by atoms with van der Waals surface area (Å²) < 4.78 is 4.25. The number of methoxy groups -OCH3 is 1. The minimum atomic E-state index is 0.287. The average molecular weight is 320 g/mol. The molecule has 0 aliphatic rings. The number of ether oxygens (including phenoxy) is 1. The number of aromatic nitrogens is 1. The van der Waals surface area contributed by atoms with Crippen molar-refractivity contribution >= 4 is 40.2 Å². The summed E-state index contributed by atoms with van der Waals surface area (Å²) in [6, 6.07) is 7.23. The lowest BCUT2D eigenvalue weighted by Gasteiger charge is -2.05. The van der Waals surface area contributed by atoms with E-state index in [1.54, 1.807) is 26.5 Å². The van der Waals surface area contributed by atoms with Crippen LogP contribution in [0.25, 0.3) is 16.6 Å². The Hall–Kier alpha value is -2.24. The molecule has 0 bridgehead atoms. The second-order valence-electron chi connectivity index (χ2n) is 4.30. The number of aliphatic imine (C=N–C) groups is 1. The van der Waals surface area contributed by atoms with Gasteiger partial charge in [-0.3, -0.25) is 14.8 Å². The molecule has 0 radical (unpaired) electrons. The van der Waals surface area contributed by atoms with Crippen molar-refractivity contribution in [2.75, 3.05) is 21.3 Å². The number of allylic oxidation sites excluding steroid dienone is 1. The lowest BCUT2D eigenvalue weighted by atomic mass is 10.1. The number of halogens is 1. The van der Waals surface area contributed by atoms with Crippen molar-refractivity contribution in [2.24, 2.45) is 10.7 Å². The van der Waals surface area contributed by atoms with Crippen molar-refractivity contribution in [1.82, 2.24) is 4.98 Å². The zero-order chi connectivity index (χ0) is 16.5. The van der Waals surface area contributed by atoms with Gasteiger partial charge in [0.25, 0.3) is 0 Å². The molecule has 2 N–H and O–H groups in total. The Morgan fingerprint density at radius 1 is 1.36 bits per heavy atom. The topological polar surface area (TPSA) is 77.6 Å². The van der Waals surface area contributed by atoms with Gasteiger partial charge in [0.2, 0.25) is 0 Å². The molecule has 1 heterocycles. The molecule has 0 saturated heterocycles. The number of nitrogens with two attached hydrogens (primary N) is 1. The summed E-state index contributed by atoms with van der Waals surface area (Å²) in [4.78, 5) is 18.7. The molecule has 0 aliphatic carbocycles. The fourth-order valence-corrected chi connectivity index (χ4v) is 1.89. The van der Waals surface area contributed by atoms with Crippen molar-refractivity contribution in [2.45, 2.75) is 0 Å². The van der Waals surface area contributed by atoms with E-state index in [-0.39, 0.29) is 5.71 Å². The van der Waals surface area contributed by atoms with E-state index < -0.39 is 0 Å². The van der Waals surface area contributed by atoms with Crippen LogP contribution in [0.2, 0.25) is 5.02 Å². The maximum atomic E-state index is 10.7. The third kappa shape index (κ3) is 4.65. The monoisotopic (exact) mass is 319 g/mol. The molecule has 0 fully saturated rings. The number of hydrogen-bond donors (Lipinski definition) is 1. The first-order valence-electron chi connectivity index (χ1n) is 6.41. The second kappa shape index (κ2) is 8.92. The predicted molar refractivity (Wildman–Crippen MR) is 91.3 cm³/mol. The van der Waals surface area contributed by atoms with Gasteiger partial charge in [-0.2, -0.15) is 0 Å². The molecule has 116 valence electrons. The highest BCUT2D eigenvalue weighted by atomic mass is 35.5. The molecule has 0 aliphatic heterocycles. The zero-order valence-electron chi connectivity index (χ0n) is 12.7.